The number of carbonyl (C=O) groups excluding carboxylic acids is 2. The molecule has 26 heavy (non-hydrogen) atoms. The first-order chi connectivity index (χ1) is 12.6. The third-order valence-corrected chi connectivity index (χ3v) is 5.39. The molecule has 1 aliphatic rings. The maximum atomic E-state index is 12.7. The van der Waals surface area contributed by atoms with Crippen molar-refractivity contribution in [3.63, 3.8) is 0 Å². The number of hydrogen-bond donors (Lipinski definition) is 0. The molecule has 136 valence electrons. The Bertz CT molecular complexity index is 763. The van der Waals surface area contributed by atoms with Crippen LogP contribution in [0.3, 0.4) is 0 Å². The summed E-state index contributed by atoms with van der Waals surface area (Å²) in [4.78, 5) is 27.0. The Morgan fingerprint density at radius 3 is 2.23 bits per heavy atom. The summed E-state index contributed by atoms with van der Waals surface area (Å²) in [7, 11) is 1.61. The highest BCUT2D eigenvalue weighted by Crippen LogP contribution is 2.23. The lowest BCUT2D eigenvalue weighted by atomic mass is 9.88. The fourth-order valence-corrected chi connectivity index (χ4v) is 3.54. The number of halogens is 1. The molecule has 0 spiro atoms. The molecule has 0 unspecified atom stereocenters. The van der Waals surface area contributed by atoms with Gasteiger partial charge in [-0.25, -0.2) is 0 Å². The Balaban J connectivity index is 1.53. The van der Waals surface area contributed by atoms with Crippen molar-refractivity contribution in [1.29, 1.82) is 0 Å². The van der Waals surface area contributed by atoms with Gasteiger partial charge in [-0.3, -0.25) is 9.59 Å². The number of methoxy groups -OCH3 is 1. The molecule has 0 radical (unpaired) electrons. The molecule has 0 aliphatic carbocycles. The van der Waals surface area contributed by atoms with Crippen LogP contribution in [-0.2, 0) is 11.2 Å². The van der Waals surface area contributed by atoms with Gasteiger partial charge in [0, 0.05) is 29.0 Å². The van der Waals surface area contributed by atoms with Crippen molar-refractivity contribution in [1.82, 2.24) is 4.90 Å². The second kappa shape index (κ2) is 8.49. The fourth-order valence-electron chi connectivity index (χ4n) is 3.27. The summed E-state index contributed by atoms with van der Waals surface area (Å²) in [5.41, 5.74) is 1.72. The van der Waals surface area contributed by atoms with E-state index in [4.69, 9.17) is 4.74 Å². The minimum Gasteiger partial charge on any atom is -0.497 e. The lowest BCUT2D eigenvalue weighted by Crippen LogP contribution is -2.41. The van der Waals surface area contributed by atoms with Crippen LogP contribution >= 0.6 is 15.9 Å². The molecule has 0 bridgehead atoms. The van der Waals surface area contributed by atoms with Gasteiger partial charge in [-0.05, 0) is 54.8 Å². The Kier molecular flexibility index (Phi) is 6.09. The molecule has 1 amide bonds. The maximum absolute atomic E-state index is 12.7. The van der Waals surface area contributed by atoms with Crippen LogP contribution < -0.4 is 4.74 Å². The summed E-state index contributed by atoms with van der Waals surface area (Å²) < 4.78 is 6.14. The zero-order valence-electron chi connectivity index (χ0n) is 14.8. The summed E-state index contributed by atoms with van der Waals surface area (Å²) in [6.07, 6.45) is 1.85. The number of piperidine rings is 1. The van der Waals surface area contributed by atoms with Gasteiger partial charge in [0.05, 0.1) is 13.5 Å². The van der Waals surface area contributed by atoms with Crippen LogP contribution in [0.2, 0.25) is 0 Å². The van der Waals surface area contributed by atoms with Gasteiger partial charge in [-0.1, -0.05) is 28.1 Å². The summed E-state index contributed by atoms with van der Waals surface area (Å²) in [6, 6.07) is 15.1. The zero-order chi connectivity index (χ0) is 18.5. The lowest BCUT2D eigenvalue weighted by Gasteiger charge is -2.31. The van der Waals surface area contributed by atoms with Crippen LogP contribution in [0.5, 0.6) is 5.75 Å². The van der Waals surface area contributed by atoms with Gasteiger partial charge in [0.15, 0.2) is 5.78 Å². The molecule has 4 nitrogen and oxygen atoms in total. The smallest absolute Gasteiger partial charge is 0.226 e. The summed E-state index contributed by atoms with van der Waals surface area (Å²) >= 11 is 3.40. The molecule has 0 atom stereocenters. The van der Waals surface area contributed by atoms with E-state index in [0.717, 1.165) is 28.6 Å². The molecule has 2 aromatic rings. The number of likely N-dealkylation sites (tertiary alicyclic amines) is 1. The molecule has 1 fully saturated rings. The highest BCUT2D eigenvalue weighted by molar-refractivity contribution is 9.10. The van der Waals surface area contributed by atoms with Crippen molar-refractivity contribution in [2.45, 2.75) is 19.3 Å². The number of Topliss-reactive ketones (excluding diaryl/α,β-unsaturated/α-hetero) is 1. The molecule has 1 aliphatic heterocycles. The quantitative estimate of drug-likeness (QED) is 0.689. The van der Waals surface area contributed by atoms with Crippen molar-refractivity contribution in [3.8, 4) is 5.75 Å². The minimum atomic E-state index is -0.0138. The van der Waals surface area contributed by atoms with Crippen molar-refractivity contribution >= 4 is 27.6 Å². The van der Waals surface area contributed by atoms with Gasteiger partial charge in [0.2, 0.25) is 5.91 Å². The molecule has 1 saturated heterocycles. The van der Waals surface area contributed by atoms with E-state index in [0.29, 0.717) is 25.1 Å². The monoisotopic (exact) mass is 415 g/mol. The average Bonchev–Trinajstić information content (AvgIpc) is 2.69. The number of carbonyl (C=O) groups is 2. The molecular formula is C21H22BrNO3. The summed E-state index contributed by atoms with van der Waals surface area (Å²) in [5, 5.41) is 0. The summed E-state index contributed by atoms with van der Waals surface area (Å²) in [5.74, 6) is 1.02. The van der Waals surface area contributed by atoms with Gasteiger partial charge in [0.25, 0.3) is 0 Å². The van der Waals surface area contributed by atoms with E-state index in [1.807, 2.05) is 53.4 Å². The topological polar surface area (TPSA) is 46.6 Å². The highest BCUT2D eigenvalue weighted by Gasteiger charge is 2.27. The van der Waals surface area contributed by atoms with E-state index in [1.54, 1.807) is 7.11 Å². The SMILES string of the molecule is COc1ccc(C(=O)C2CCN(C(=O)Cc3ccc(Br)cc3)CC2)cc1. The van der Waals surface area contributed by atoms with E-state index in [9.17, 15) is 9.59 Å². The second-order valence-electron chi connectivity index (χ2n) is 6.55. The predicted molar refractivity (Wildman–Crippen MR) is 104 cm³/mol. The van der Waals surface area contributed by atoms with E-state index >= 15 is 0 Å². The molecule has 5 heteroatoms. The molecular weight excluding hydrogens is 394 g/mol. The summed E-state index contributed by atoms with van der Waals surface area (Å²) in [6.45, 7) is 1.28. The number of ketones is 1. The molecule has 1 heterocycles. The highest BCUT2D eigenvalue weighted by atomic mass is 79.9. The minimum absolute atomic E-state index is 0.0138. The van der Waals surface area contributed by atoms with Gasteiger partial charge in [-0.2, -0.15) is 0 Å². The third kappa shape index (κ3) is 4.52. The van der Waals surface area contributed by atoms with Gasteiger partial charge in [0.1, 0.15) is 5.75 Å². The van der Waals surface area contributed by atoms with Crippen LogP contribution in [0, 0.1) is 5.92 Å². The number of hydrogen-bond acceptors (Lipinski definition) is 3. The molecule has 0 aromatic heterocycles. The first kappa shape index (κ1) is 18.6. The Morgan fingerprint density at radius 2 is 1.65 bits per heavy atom. The first-order valence-corrected chi connectivity index (χ1v) is 9.56. The van der Waals surface area contributed by atoms with E-state index in [-0.39, 0.29) is 17.6 Å². The number of rotatable bonds is 5. The standard InChI is InChI=1S/C21H22BrNO3/c1-26-19-8-4-16(5-9-19)21(25)17-10-12-23(13-11-17)20(24)14-15-2-6-18(22)7-3-15/h2-9,17H,10-14H2,1H3. The van der Waals surface area contributed by atoms with Crippen LogP contribution in [0.25, 0.3) is 0 Å². The van der Waals surface area contributed by atoms with Gasteiger partial charge < -0.3 is 9.64 Å². The first-order valence-electron chi connectivity index (χ1n) is 8.77. The van der Waals surface area contributed by atoms with Crippen LogP contribution in [0.1, 0.15) is 28.8 Å². The normalized spacial score (nSPS) is 14.9. The third-order valence-electron chi connectivity index (χ3n) is 4.86. The molecule has 2 aromatic carbocycles. The number of nitrogens with zero attached hydrogens (tertiary/aromatic N) is 1. The van der Waals surface area contributed by atoms with E-state index in [1.165, 1.54) is 0 Å². The van der Waals surface area contributed by atoms with Gasteiger partial charge >= 0.3 is 0 Å². The lowest BCUT2D eigenvalue weighted by molar-refractivity contribution is -0.131. The van der Waals surface area contributed by atoms with Crippen LogP contribution in [-0.4, -0.2) is 36.8 Å². The second-order valence-corrected chi connectivity index (χ2v) is 7.47. The van der Waals surface area contributed by atoms with Crippen molar-refractivity contribution in [2.75, 3.05) is 20.2 Å². The van der Waals surface area contributed by atoms with Crippen molar-refractivity contribution in [3.05, 3.63) is 64.1 Å². The maximum Gasteiger partial charge on any atom is 0.226 e. The number of amides is 1. The Labute approximate surface area is 162 Å². The number of benzene rings is 2. The largest absolute Gasteiger partial charge is 0.497 e. The van der Waals surface area contributed by atoms with E-state index in [2.05, 4.69) is 15.9 Å². The van der Waals surface area contributed by atoms with E-state index < -0.39 is 0 Å². The average molecular weight is 416 g/mol. The number of ether oxygens (including phenoxy) is 1. The van der Waals surface area contributed by atoms with Crippen molar-refractivity contribution in [2.24, 2.45) is 5.92 Å². The fraction of sp³-hybridized carbons (Fsp3) is 0.333. The Hall–Kier alpha value is -2.14. The van der Waals surface area contributed by atoms with Crippen LogP contribution in [0.15, 0.2) is 53.0 Å². The Morgan fingerprint density at radius 1 is 1.04 bits per heavy atom. The molecule has 0 N–H and O–H groups in total. The molecule has 3 rings (SSSR count). The van der Waals surface area contributed by atoms with Crippen LogP contribution in [0.4, 0.5) is 0 Å². The van der Waals surface area contributed by atoms with Gasteiger partial charge in [-0.15, -0.1) is 0 Å². The predicted octanol–water partition coefficient (Wildman–Crippen LogP) is 4.12. The zero-order valence-corrected chi connectivity index (χ0v) is 16.4. The van der Waals surface area contributed by atoms with Crippen molar-refractivity contribution < 1.29 is 14.3 Å². The molecule has 0 saturated carbocycles.